The Kier molecular flexibility index (Phi) is 7.25. The number of halogens is 2. The lowest BCUT2D eigenvalue weighted by Gasteiger charge is -2.20. The number of hydrogen-bond donors (Lipinski definition) is 1. The van der Waals surface area contributed by atoms with Crippen molar-refractivity contribution in [2.45, 2.75) is 13.3 Å². The molecule has 8 heteroatoms. The summed E-state index contributed by atoms with van der Waals surface area (Å²) in [6.07, 6.45) is 3.87. The molecule has 0 unspecified atom stereocenters. The molecule has 0 spiro atoms. The van der Waals surface area contributed by atoms with Gasteiger partial charge in [0.25, 0.3) is 0 Å². The summed E-state index contributed by atoms with van der Waals surface area (Å²) in [7, 11) is 0. The Hall–Kier alpha value is -2.41. The van der Waals surface area contributed by atoms with Crippen molar-refractivity contribution in [1.29, 1.82) is 0 Å². The maximum Gasteiger partial charge on any atom is 0.247 e. The van der Waals surface area contributed by atoms with Crippen LogP contribution >= 0.6 is 34.5 Å². The highest BCUT2D eigenvalue weighted by Crippen LogP contribution is 2.25. The van der Waals surface area contributed by atoms with Gasteiger partial charge in [-0.25, -0.2) is 4.98 Å². The third-order valence-electron chi connectivity index (χ3n) is 4.02. The molecule has 0 radical (unpaired) electrons. The van der Waals surface area contributed by atoms with Gasteiger partial charge in [-0.1, -0.05) is 42.3 Å². The van der Waals surface area contributed by atoms with E-state index in [1.165, 1.54) is 22.3 Å². The molecule has 0 saturated heterocycles. The molecule has 3 rings (SSSR count). The fourth-order valence-electron chi connectivity index (χ4n) is 2.70. The monoisotopic (exact) mass is 447 g/mol. The van der Waals surface area contributed by atoms with Crippen molar-refractivity contribution in [2.24, 2.45) is 0 Å². The minimum atomic E-state index is -0.329. The van der Waals surface area contributed by atoms with E-state index >= 15 is 0 Å². The highest BCUT2D eigenvalue weighted by atomic mass is 35.5. The fraction of sp³-hybridized carbons (Fsp3) is 0.190. The second-order valence-corrected chi connectivity index (χ2v) is 8.19. The molecule has 1 aromatic heterocycles. The summed E-state index contributed by atoms with van der Waals surface area (Å²) in [4.78, 5) is 31.0. The van der Waals surface area contributed by atoms with E-state index in [0.29, 0.717) is 22.3 Å². The van der Waals surface area contributed by atoms with Crippen LogP contribution in [0.1, 0.15) is 18.4 Å². The molecule has 0 aliphatic carbocycles. The summed E-state index contributed by atoms with van der Waals surface area (Å²) < 4.78 is 1.06. The number of benzene rings is 2. The normalized spacial score (nSPS) is 11.1. The van der Waals surface area contributed by atoms with E-state index < -0.39 is 0 Å². The first-order valence-corrected chi connectivity index (χ1v) is 10.6. The first-order valence-electron chi connectivity index (χ1n) is 9.03. The molecule has 5 nitrogen and oxygen atoms in total. The van der Waals surface area contributed by atoms with Crippen molar-refractivity contribution in [3.05, 3.63) is 63.6 Å². The molecule has 29 heavy (non-hydrogen) atoms. The van der Waals surface area contributed by atoms with E-state index in [0.717, 1.165) is 21.6 Å². The molecule has 3 aromatic rings. The number of amides is 2. The van der Waals surface area contributed by atoms with Crippen LogP contribution in [-0.4, -0.2) is 34.8 Å². The molecule has 0 aliphatic rings. The molecule has 2 aromatic carbocycles. The topological polar surface area (TPSA) is 62.3 Å². The Labute approximate surface area is 182 Å². The first-order chi connectivity index (χ1) is 14.0. The SMILES string of the molecule is CCCN(CC(=O)Nc1ccc(Cl)cc1Cl)C(=O)/C=C/c1nc2ccccc2s1. The first kappa shape index (κ1) is 21.3. The van der Waals surface area contributed by atoms with Crippen LogP contribution < -0.4 is 5.32 Å². The summed E-state index contributed by atoms with van der Waals surface area (Å²) in [5.74, 6) is -0.576. The van der Waals surface area contributed by atoms with Gasteiger partial charge >= 0.3 is 0 Å². The van der Waals surface area contributed by atoms with Gasteiger partial charge in [0, 0.05) is 17.6 Å². The van der Waals surface area contributed by atoms with Crippen LogP contribution in [0.25, 0.3) is 16.3 Å². The predicted molar refractivity (Wildman–Crippen MR) is 121 cm³/mol. The lowest BCUT2D eigenvalue weighted by molar-refractivity contribution is -0.130. The largest absolute Gasteiger partial charge is 0.330 e. The minimum absolute atomic E-state index is 0.0736. The van der Waals surface area contributed by atoms with E-state index in [9.17, 15) is 9.59 Å². The van der Waals surface area contributed by atoms with Crippen LogP contribution in [0.4, 0.5) is 5.69 Å². The number of hydrogen-bond acceptors (Lipinski definition) is 4. The quantitative estimate of drug-likeness (QED) is 0.486. The zero-order valence-corrected chi connectivity index (χ0v) is 18.0. The molecular weight excluding hydrogens is 429 g/mol. The molecule has 150 valence electrons. The van der Waals surface area contributed by atoms with Gasteiger partial charge in [-0.3, -0.25) is 9.59 Å². The van der Waals surface area contributed by atoms with Gasteiger partial charge in [-0.05, 0) is 42.8 Å². The summed E-state index contributed by atoms with van der Waals surface area (Å²) >= 11 is 13.5. The molecule has 1 heterocycles. The lowest BCUT2D eigenvalue weighted by Crippen LogP contribution is -2.37. The number of para-hydroxylation sites is 1. The number of thiazole rings is 1. The second-order valence-electron chi connectivity index (χ2n) is 6.29. The second kappa shape index (κ2) is 9.87. The van der Waals surface area contributed by atoms with Crippen LogP contribution in [0.5, 0.6) is 0 Å². The van der Waals surface area contributed by atoms with Gasteiger partial charge in [0.1, 0.15) is 11.6 Å². The molecule has 0 fully saturated rings. The summed E-state index contributed by atoms with van der Waals surface area (Å²) in [5, 5.41) is 4.28. The number of rotatable bonds is 7. The van der Waals surface area contributed by atoms with E-state index in [1.807, 2.05) is 31.2 Å². The number of carbonyl (C=O) groups excluding carboxylic acids is 2. The van der Waals surface area contributed by atoms with Crippen LogP contribution in [0.15, 0.2) is 48.5 Å². The van der Waals surface area contributed by atoms with Gasteiger partial charge in [-0.2, -0.15) is 0 Å². The third kappa shape index (κ3) is 5.79. The van der Waals surface area contributed by atoms with Gasteiger partial charge in [0.05, 0.1) is 20.9 Å². The zero-order valence-electron chi connectivity index (χ0n) is 15.7. The highest BCUT2D eigenvalue weighted by Gasteiger charge is 2.15. The Morgan fingerprint density at radius 3 is 2.72 bits per heavy atom. The molecule has 0 bridgehead atoms. The molecule has 0 aliphatic heterocycles. The van der Waals surface area contributed by atoms with Crippen LogP contribution in [0, 0.1) is 0 Å². The maximum absolute atomic E-state index is 12.6. The maximum atomic E-state index is 12.6. The van der Waals surface area contributed by atoms with Crippen molar-refractivity contribution < 1.29 is 9.59 Å². The molecule has 0 saturated carbocycles. The minimum Gasteiger partial charge on any atom is -0.330 e. The van der Waals surface area contributed by atoms with Crippen LogP contribution in [0.2, 0.25) is 10.0 Å². The Morgan fingerprint density at radius 1 is 1.21 bits per heavy atom. The van der Waals surface area contributed by atoms with Crippen LogP contribution in [0.3, 0.4) is 0 Å². The summed E-state index contributed by atoms with van der Waals surface area (Å²) in [5.41, 5.74) is 1.35. The van der Waals surface area contributed by atoms with Crippen molar-refractivity contribution in [3.63, 3.8) is 0 Å². The fourth-order valence-corrected chi connectivity index (χ4v) is 4.03. The average molecular weight is 448 g/mol. The van der Waals surface area contributed by atoms with Gasteiger partial charge in [-0.15, -0.1) is 11.3 Å². The highest BCUT2D eigenvalue weighted by molar-refractivity contribution is 7.19. The Morgan fingerprint density at radius 2 is 2.00 bits per heavy atom. The van der Waals surface area contributed by atoms with E-state index in [-0.39, 0.29) is 18.4 Å². The smallest absolute Gasteiger partial charge is 0.247 e. The molecule has 2 amide bonds. The van der Waals surface area contributed by atoms with Crippen molar-refractivity contribution in [1.82, 2.24) is 9.88 Å². The van der Waals surface area contributed by atoms with Crippen molar-refractivity contribution in [2.75, 3.05) is 18.4 Å². The molecule has 1 N–H and O–H groups in total. The number of aromatic nitrogens is 1. The summed E-state index contributed by atoms with van der Waals surface area (Å²) in [6.45, 7) is 2.34. The van der Waals surface area contributed by atoms with Gasteiger partial charge in [0.2, 0.25) is 11.8 Å². The Balaban J connectivity index is 1.65. The van der Waals surface area contributed by atoms with E-state index in [2.05, 4.69) is 10.3 Å². The molecular formula is C21H19Cl2N3O2S. The van der Waals surface area contributed by atoms with Crippen molar-refractivity contribution in [3.8, 4) is 0 Å². The third-order valence-corrected chi connectivity index (χ3v) is 5.57. The molecule has 0 atom stereocenters. The predicted octanol–water partition coefficient (Wildman–Crippen LogP) is 5.49. The van der Waals surface area contributed by atoms with Gasteiger partial charge < -0.3 is 10.2 Å². The van der Waals surface area contributed by atoms with Crippen molar-refractivity contribution >= 4 is 68.3 Å². The number of fused-ring (bicyclic) bond motifs is 1. The van der Waals surface area contributed by atoms with E-state index in [1.54, 1.807) is 24.3 Å². The zero-order chi connectivity index (χ0) is 20.8. The summed E-state index contributed by atoms with van der Waals surface area (Å²) in [6, 6.07) is 12.6. The number of nitrogens with zero attached hydrogens (tertiary/aromatic N) is 2. The standard InChI is InChI=1S/C21H19Cl2N3O2S/c1-2-11-26(13-19(27)24-16-8-7-14(22)12-15(16)23)21(28)10-9-20-25-17-5-3-4-6-18(17)29-20/h3-10,12H,2,11,13H2,1H3,(H,24,27)/b10-9+. The Bertz CT molecular complexity index is 1030. The number of anilines is 1. The lowest BCUT2D eigenvalue weighted by atomic mass is 10.3. The number of carbonyl (C=O) groups is 2. The average Bonchev–Trinajstić information content (AvgIpc) is 3.11. The van der Waals surface area contributed by atoms with Gasteiger partial charge in [0.15, 0.2) is 0 Å². The number of nitrogens with one attached hydrogen (secondary N) is 1. The van der Waals surface area contributed by atoms with E-state index in [4.69, 9.17) is 23.2 Å². The van der Waals surface area contributed by atoms with Crippen LogP contribution in [-0.2, 0) is 9.59 Å².